The van der Waals surface area contributed by atoms with Crippen molar-refractivity contribution in [2.75, 3.05) is 24.5 Å². The second kappa shape index (κ2) is 5.27. The van der Waals surface area contributed by atoms with Gasteiger partial charge in [0.25, 0.3) is 5.91 Å². The Balaban J connectivity index is 1.86. The first kappa shape index (κ1) is 13.2. The summed E-state index contributed by atoms with van der Waals surface area (Å²) < 4.78 is 0. The van der Waals surface area contributed by atoms with E-state index in [1.807, 2.05) is 23.1 Å². The largest absolute Gasteiger partial charge is 0.339 e. The summed E-state index contributed by atoms with van der Waals surface area (Å²) in [5.41, 5.74) is 2.79. The third-order valence-electron chi connectivity index (χ3n) is 4.25. The number of carbonyl (C=O) groups excluding carboxylic acids is 2. The molecule has 0 atom stereocenters. The predicted molar refractivity (Wildman–Crippen MR) is 77.9 cm³/mol. The molecule has 3 rings (SSSR count). The molecule has 2 amide bonds. The molecule has 0 spiro atoms. The monoisotopic (exact) mass is 272 g/mol. The normalized spacial score (nSPS) is 18.1. The third kappa shape index (κ3) is 2.30. The molecule has 1 aromatic carbocycles. The van der Waals surface area contributed by atoms with Crippen molar-refractivity contribution in [3.8, 4) is 0 Å². The lowest BCUT2D eigenvalue weighted by Crippen LogP contribution is -2.35. The Hall–Kier alpha value is -1.84. The highest BCUT2D eigenvalue weighted by Gasteiger charge is 2.25. The summed E-state index contributed by atoms with van der Waals surface area (Å²) in [6.07, 6.45) is 4.28. The zero-order valence-electron chi connectivity index (χ0n) is 11.9. The number of benzene rings is 1. The highest BCUT2D eigenvalue weighted by molar-refractivity contribution is 5.99. The number of fused-ring (bicyclic) bond motifs is 1. The molecular weight excluding hydrogens is 252 g/mol. The molecule has 2 aliphatic heterocycles. The molecular formula is C16H20N2O2. The molecule has 2 heterocycles. The number of piperidine rings is 1. The fourth-order valence-electron chi connectivity index (χ4n) is 3.12. The van der Waals surface area contributed by atoms with Gasteiger partial charge in [0, 0.05) is 37.8 Å². The van der Waals surface area contributed by atoms with Crippen LogP contribution in [0.2, 0.25) is 0 Å². The number of hydrogen-bond donors (Lipinski definition) is 0. The fraction of sp³-hybridized carbons (Fsp3) is 0.500. The summed E-state index contributed by atoms with van der Waals surface area (Å²) in [4.78, 5) is 27.8. The molecule has 0 unspecified atom stereocenters. The Morgan fingerprint density at radius 3 is 2.50 bits per heavy atom. The van der Waals surface area contributed by atoms with E-state index in [4.69, 9.17) is 0 Å². The van der Waals surface area contributed by atoms with Gasteiger partial charge in [-0.3, -0.25) is 9.59 Å². The molecule has 1 saturated heterocycles. The summed E-state index contributed by atoms with van der Waals surface area (Å²) in [6, 6.07) is 5.79. The topological polar surface area (TPSA) is 40.6 Å². The van der Waals surface area contributed by atoms with Crippen LogP contribution >= 0.6 is 0 Å². The highest BCUT2D eigenvalue weighted by atomic mass is 16.2. The molecule has 0 radical (unpaired) electrons. The molecule has 0 aliphatic carbocycles. The van der Waals surface area contributed by atoms with Crippen LogP contribution in [0.25, 0.3) is 0 Å². The molecule has 1 fully saturated rings. The highest BCUT2D eigenvalue weighted by Crippen LogP contribution is 2.29. The molecule has 20 heavy (non-hydrogen) atoms. The maximum absolute atomic E-state index is 12.5. The first-order chi connectivity index (χ1) is 9.66. The van der Waals surface area contributed by atoms with Crippen molar-refractivity contribution in [2.24, 2.45) is 0 Å². The van der Waals surface area contributed by atoms with E-state index >= 15 is 0 Å². The number of anilines is 1. The zero-order valence-corrected chi connectivity index (χ0v) is 11.9. The van der Waals surface area contributed by atoms with Gasteiger partial charge >= 0.3 is 0 Å². The van der Waals surface area contributed by atoms with Gasteiger partial charge in [0.05, 0.1) is 0 Å². The molecule has 1 aromatic rings. The lowest BCUT2D eigenvalue weighted by Gasteiger charge is -2.27. The summed E-state index contributed by atoms with van der Waals surface area (Å²) in [5, 5.41) is 0. The van der Waals surface area contributed by atoms with Crippen LogP contribution in [-0.2, 0) is 11.2 Å². The van der Waals surface area contributed by atoms with Crippen molar-refractivity contribution in [2.45, 2.75) is 32.6 Å². The number of carbonyl (C=O) groups is 2. The number of hydrogen-bond acceptors (Lipinski definition) is 2. The molecule has 2 aliphatic rings. The Labute approximate surface area is 119 Å². The van der Waals surface area contributed by atoms with Crippen LogP contribution in [0.4, 0.5) is 5.69 Å². The van der Waals surface area contributed by atoms with E-state index in [-0.39, 0.29) is 11.8 Å². The van der Waals surface area contributed by atoms with Gasteiger partial charge in [0.1, 0.15) is 0 Å². The van der Waals surface area contributed by atoms with Gasteiger partial charge in [0.2, 0.25) is 5.91 Å². The van der Waals surface area contributed by atoms with Crippen LogP contribution in [0.5, 0.6) is 0 Å². The molecule has 4 nitrogen and oxygen atoms in total. The second-order valence-corrected chi connectivity index (χ2v) is 5.62. The third-order valence-corrected chi connectivity index (χ3v) is 4.25. The molecule has 0 aromatic heterocycles. The van der Waals surface area contributed by atoms with Gasteiger partial charge in [-0.15, -0.1) is 0 Å². The molecule has 4 heteroatoms. The first-order valence-electron chi connectivity index (χ1n) is 7.37. The van der Waals surface area contributed by atoms with E-state index in [1.165, 1.54) is 6.42 Å². The van der Waals surface area contributed by atoms with E-state index in [0.29, 0.717) is 5.56 Å². The number of likely N-dealkylation sites (tertiary alicyclic amines) is 1. The van der Waals surface area contributed by atoms with Crippen LogP contribution in [0, 0.1) is 0 Å². The molecule has 0 bridgehead atoms. The maximum atomic E-state index is 12.5. The maximum Gasteiger partial charge on any atom is 0.253 e. The van der Waals surface area contributed by atoms with Crippen LogP contribution in [0.3, 0.4) is 0 Å². The first-order valence-corrected chi connectivity index (χ1v) is 7.37. The summed E-state index contributed by atoms with van der Waals surface area (Å²) in [6.45, 7) is 4.01. The standard InChI is InChI=1S/C16H20N2O2/c1-12(19)18-10-7-13-5-6-14(11-15(13)18)16(20)17-8-3-2-4-9-17/h5-6,11H,2-4,7-10H2,1H3. The zero-order chi connectivity index (χ0) is 14.1. The van der Waals surface area contributed by atoms with Crippen LogP contribution in [0.15, 0.2) is 18.2 Å². The van der Waals surface area contributed by atoms with E-state index in [9.17, 15) is 9.59 Å². The van der Waals surface area contributed by atoms with E-state index in [2.05, 4.69) is 0 Å². The van der Waals surface area contributed by atoms with Crippen molar-refractivity contribution >= 4 is 17.5 Å². The number of rotatable bonds is 1. The quantitative estimate of drug-likeness (QED) is 0.786. The molecule has 106 valence electrons. The number of nitrogens with zero attached hydrogens (tertiary/aromatic N) is 2. The van der Waals surface area contributed by atoms with Crippen LogP contribution in [-0.4, -0.2) is 36.3 Å². The minimum absolute atomic E-state index is 0.0475. The Bertz CT molecular complexity index is 547. The fourth-order valence-corrected chi connectivity index (χ4v) is 3.12. The van der Waals surface area contributed by atoms with Gasteiger partial charge in [-0.2, -0.15) is 0 Å². The molecule has 0 N–H and O–H groups in total. The molecule has 0 saturated carbocycles. The van der Waals surface area contributed by atoms with Gasteiger partial charge in [0.15, 0.2) is 0 Å². The average molecular weight is 272 g/mol. The smallest absolute Gasteiger partial charge is 0.253 e. The van der Waals surface area contributed by atoms with Crippen LogP contribution in [0.1, 0.15) is 42.1 Å². The van der Waals surface area contributed by atoms with E-state index in [0.717, 1.165) is 50.1 Å². The van der Waals surface area contributed by atoms with Crippen molar-refractivity contribution in [3.63, 3.8) is 0 Å². The second-order valence-electron chi connectivity index (χ2n) is 5.62. The minimum Gasteiger partial charge on any atom is -0.339 e. The minimum atomic E-state index is 0.0475. The van der Waals surface area contributed by atoms with Crippen molar-refractivity contribution in [1.29, 1.82) is 0 Å². The average Bonchev–Trinajstić information content (AvgIpc) is 2.90. The summed E-state index contributed by atoms with van der Waals surface area (Å²) in [7, 11) is 0. The van der Waals surface area contributed by atoms with E-state index in [1.54, 1.807) is 11.8 Å². The van der Waals surface area contributed by atoms with Crippen molar-refractivity contribution in [1.82, 2.24) is 4.90 Å². The Kier molecular flexibility index (Phi) is 3.47. The lowest BCUT2D eigenvalue weighted by atomic mass is 10.1. The number of amides is 2. The SMILES string of the molecule is CC(=O)N1CCc2ccc(C(=O)N3CCCCC3)cc21. The van der Waals surface area contributed by atoms with E-state index < -0.39 is 0 Å². The lowest BCUT2D eigenvalue weighted by molar-refractivity contribution is -0.116. The van der Waals surface area contributed by atoms with Gasteiger partial charge in [-0.05, 0) is 43.4 Å². The summed E-state index contributed by atoms with van der Waals surface area (Å²) in [5.74, 6) is 0.147. The summed E-state index contributed by atoms with van der Waals surface area (Å²) >= 11 is 0. The predicted octanol–water partition coefficient (Wildman–Crippen LogP) is 2.22. The Morgan fingerprint density at radius 1 is 1.05 bits per heavy atom. The Morgan fingerprint density at radius 2 is 1.80 bits per heavy atom. The van der Waals surface area contributed by atoms with Gasteiger partial charge in [-0.1, -0.05) is 6.07 Å². The van der Waals surface area contributed by atoms with Crippen molar-refractivity contribution < 1.29 is 9.59 Å². The van der Waals surface area contributed by atoms with Crippen molar-refractivity contribution in [3.05, 3.63) is 29.3 Å². The van der Waals surface area contributed by atoms with Gasteiger partial charge < -0.3 is 9.80 Å². The van der Waals surface area contributed by atoms with Gasteiger partial charge in [-0.25, -0.2) is 0 Å². The van der Waals surface area contributed by atoms with Crippen LogP contribution < -0.4 is 4.90 Å².